The topological polar surface area (TPSA) is 49.3 Å². The molecular weight excluding hydrogens is 341 g/mol. The van der Waals surface area contributed by atoms with E-state index in [1.807, 2.05) is 41.1 Å². The van der Waals surface area contributed by atoms with Gasteiger partial charge in [0.25, 0.3) is 0 Å². The largest absolute Gasteiger partial charge is 0.481 e. The fraction of sp³-hybridized carbons (Fsp3) is 0.214. The van der Waals surface area contributed by atoms with Crippen LogP contribution in [-0.2, 0) is 11.2 Å². The lowest BCUT2D eigenvalue weighted by Crippen LogP contribution is -2.26. The van der Waals surface area contributed by atoms with Crippen LogP contribution in [0.15, 0.2) is 42.5 Å². The van der Waals surface area contributed by atoms with Crippen LogP contribution in [0.3, 0.4) is 0 Å². The second-order valence-electron chi connectivity index (χ2n) is 4.25. The first-order chi connectivity index (χ1) is 8.70. The maximum Gasteiger partial charge on any atom is 0.304 e. The molecule has 0 saturated carbocycles. The molecule has 18 heavy (non-hydrogen) atoms. The minimum absolute atomic E-state index is 0.0473. The summed E-state index contributed by atoms with van der Waals surface area (Å²) in [5.74, 6) is -0.774. The highest BCUT2D eigenvalue weighted by molar-refractivity contribution is 14.1. The minimum Gasteiger partial charge on any atom is -0.481 e. The number of halogens is 1. The maximum atomic E-state index is 10.8. The van der Waals surface area contributed by atoms with Crippen molar-refractivity contribution in [1.29, 1.82) is 0 Å². The Morgan fingerprint density at radius 3 is 2.67 bits per heavy atom. The molecule has 1 unspecified atom stereocenters. The third-order valence-electron chi connectivity index (χ3n) is 2.92. The molecule has 94 valence electrons. The smallest absolute Gasteiger partial charge is 0.304 e. The molecule has 2 aromatic rings. The maximum absolute atomic E-state index is 10.8. The first kappa shape index (κ1) is 13.3. The fourth-order valence-electron chi connectivity index (χ4n) is 2.10. The Morgan fingerprint density at radius 2 is 1.94 bits per heavy atom. The van der Waals surface area contributed by atoms with Crippen LogP contribution < -0.4 is 3.53 Å². The zero-order valence-corrected chi connectivity index (χ0v) is 11.9. The van der Waals surface area contributed by atoms with E-state index in [2.05, 4.69) is 27.8 Å². The van der Waals surface area contributed by atoms with Crippen molar-refractivity contribution in [1.82, 2.24) is 3.53 Å². The molecule has 1 atom stereocenters. The van der Waals surface area contributed by atoms with Gasteiger partial charge in [-0.25, -0.2) is 0 Å². The van der Waals surface area contributed by atoms with Gasteiger partial charge in [-0.3, -0.25) is 8.32 Å². The standard InChI is InChI=1S/C14H14INO2/c15-16-12(9-14(17)18)8-11-6-3-5-10-4-1-2-7-13(10)11/h1-7,12,16H,8-9H2,(H,17,18). The lowest BCUT2D eigenvalue weighted by Gasteiger charge is -2.14. The first-order valence-corrected chi connectivity index (χ1v) is 6.83. The van der Waals surface area contributed by atoms with Crippen LogP contribution >= 0.6 is 22.9 Å². The van der Waals surface area contributed by atoms with Gasteiger partial charge >= 0.3 is 5.97 Å². The first-order valence-electron chi connectivity index (χ1n) is 5.75. The van der Waals surface area contributed by atoms with Crippen LogP contribution in [0.1, 0.15) is 12.0 Å². The highest BCUT2D eigenvalue weighted by Gasteiger charge is 2.13. The van der Waals surface area contributed by atoms with E-state index >= 15 is 0 Å². The molecule has 0 aliphatic heterocycles. The molecule has 0 amide bonds. The second-order valence-corrected chi connectivity index (χ2v) is 4.87. The van der Waals surface area contributed by atoms with Crippen molar-refractivity contribution in [2.75, 3.05) is 0 Å². The SMILES string of the molecule is O=C(O)CC(Cc1cccc2ccccc12)NI. The van der Waals surface area contributed by atoms with Crippen molar-refractivity contribution >= 4 is 39.6 Å². The summed E-state index contributed by atoms with van der Waals surface area (Å²) in [6.45, 7) is 0. The molecule has 0 heterocycles. The number of hydrogen-bond donors (Lipinski definition) is 2. The number of rotatable bonds is 5. The van der Waals surface area contributed by atoms with Gasteiger partial charge in [-0.15, -0.1) is 0 Å². The van der Waals surface area contributed by atoms with Crippen molar-refractivity contribution in [3.05, 3.63) is 48.0 Å². The predicted octanol–water partition coefficient (Wildman–Crippen LogP) is 3.17. The summed E-state index contributed by atoms with van der Waals surface area (Å²) in [6.07, 6.45) is 0.850. The number of hydrogen-bond acceptors (Lipinski definition) is 2. The molecule has 3 nitrogen and oxygen atoms in total. The summed E-state index contributed by atoms with van der Waals surface area (Å²) in [4.78, 5) is 10.8. The van der Waals surface area contributed by atoms with Crippen LogP contribution in [0.4, 0.5) is 0 Å². The van der Waals surface area contributed by atoms with Gasteiger partial charge in [0.1, 0.15) is 0 Å². The van der Waals surface area contributed by atoms with Gasteiger partial charge in [0.2, 0.25) is 0 Å². The van der Waals surface area contributed by atoms with Gasteiger partial charge in [0.15, 0.2) is 0 Å². The quantitative estimate of drug-likeness (QED) is 0.640. The summed E-state index contributed by atoms with van der Waals surface area (Å²) >= 11 is 2.02. The summed E-state index contributed by atoms with van der Waals surface area (Å²) in [6, 6.07) is 14.3. The number of aliphatic carboxylic acids is 1. The van der Waals surface area contributed by atoms with E-state index in [1.165, 1.54) is 16.3 Å². The molecule has 0 bridgehead atoms. The van der Waals surface area contributed by atoms with Gasteiger partial charge in [-0.1, -0.05) is 42.5 Å². The number of nitrogens with one attached hydrogen (secondary N) is 1. The molecular formula is C14H14INO2. The molecule has 0 aliphatic carbocycles. The summed E-state index contributed by atoms with van der Waals surface area (Å²) in [5.41, 5.74) is 1.18. The predicted molar refractivity (Wildman–Crippen MR) is 80.8 cm³/mol. The fourth-order valence-corrected chi connectivity index (χ4v) is 2.54. The van der Waals surface area contributed by atoms with Gasteiger partial charge in [0, 0.05) is 28.9 Å². The third kappa shape index (κ3) is 3.20. The van der Waals surface area contributed by atoms with Crippen molar-refractivity contribution in [2.24, 2.45) is 0 Å². The van der Waals surface area contributed by atoms with Crippen LogP contribution in [0.25, 0.3) is 10.8 Å². The van der Waals surface area contributed by atoms with Gasteiger partial charge in [0.05, 0.1) is 6.42 Å². The van der Waals surface area contributed by atoms with Crippen molar-refractivity contribution in [3.8, 4) is 0 Å². The van der Waals surface area contributed by atoms with Gasteiger partial charge in [-0.05, 0) is 22.8 Å². The number of fused-ring (bicyclic) bond motifs is 1. The number of carbonyl (C=O) groups is 1. The molecule has 2 aromatic carbocycles. The van der Waals surface area contributed by atoms with E-state index in [1.54, 1.807) is 0 Å². The normalized spacial score (nSPS) is 12.5. The van der Waals surface area contributed by atoms with Crippen LogP contribution in [-0.4, -0.2) is 17.1 Å². The van der Waals surface area contributed by atoms with Crippen molar-refractivity contribution in [3.63, 3.8) is 0 Å². The highest BCUT2D eigenvalue weighted by Crippen LogP contribution is 2.20. The van der Waals surface area contributed by atoms with Crippen molar-refractivity contribution in [2.45, 2.75) is 18.9 Å². The van der Waals surface area contributed by atoms with Gasteiger partial charge in [-0.2, -0.15) is 0 Å². The average Bonchev–Trinajstić information content (AvgIpc) is 2.38. The van der Waals surface area contributed by atoms with E-state index in [0.29, 0.717) is 0 Å². The van der Waals surface area contributed by atoms with Gasteiger partial charge < -0.3 is 5.11 Å². The Morgan fingerprint density at radius 1 is 1.22 bits per heavy atom. The zero-order valence-electron chi connectivity index (χ0n) is 9.77. The Kier molecular flexibility index (Phi) is 4.54. The lowest BCUT2D eigenvalue weighted by molar-refractivity contribution is -0.137. The second kappa shape index (κ2) is 6.15. The van der Waals surface area contributed by atoms with E-state index in [9.17, 15) is 4.79 Å². The number of carboxylic acids is 1. The Hall–Kier alpha value is -1.14. The summed E-state index contributed by atoms with van der Waals surface area (Å²) in [5, 5.41) is 11.3. The van der Waals surface area contributed by atoms with E-state index in [-0.39, 0.29) is 12.5 Å². The van der Waals surface area contributed by atoms with Crippen LogP contribution in [0, 0.1) is 0 Å². The van der Waals surface area contributed by atoms with Crippen LogP contribution in [0.5, 0.6) is 0 Å². The molecule has 4 heteroatoms. The minimum atomic E-state index is -0.774. The Balaban J connectivity index is 2.27. The number of benzene rings is 2. The molecule has 0 aromatic heterocycles. The van der Waals surface area contributed by atoms with E-state index in [4.69, 9.17) is 5.11 Å². The van der Waals surface area contributed by atoms with E-state index in [0.717, 1.165) is 6.42 Å². The molecule has 0 saturated heterocycles. The highest BCUT2D eigenvalue weighted by atomic mass is 127. The molecule has 0 spiro atoms. The Bertz CT molecular complexity index is 551. The molecule has 0 aliphatic rings. The molecule has 2 rings (SSSR count). The molecule has 2 N–H and O–H groups in total. The summed E-state index contributed by atoms with van der Waals surface area (Å²) < 4.78 is 3.04. The Labute approximate surface area is 120 Å². The average molecular weight is 355 g/mol. The lowest BCUT2D eigenvalue weighted by atomic mass is 9.98. The van der Waals surface area contributed by atoms with Crippen molar-refractivity contribution < 1.29 is 9.90 Å². The molecule has 0 fully saturated rings. The van der Waals surface area contributed by atoms with Crippen LogP contribution in [0.2, 0.25) is 0 Å². The van der Waals surface area contributed by atoms with E-state index < -0.39 is 5.97 Å². The monoisotopic (exact) mass is 355 g/mol. The molecule has 0 radical (unpaired) electrons. The third-order valence-corrected chi connectivity index (χ3v) is 3.80. The summed E-state index contributed by atoms with van der Waals surface area (Å²) in [7, 11) is 0. The number of carboxylic acid groups (broad SMARTS) is 1. The zero-order chi connectivity index (χ0) is 13.0.